The van der Waals surface area contributed by atoms with Gasteiger partial charge in [-0.2, -0.15) is 0 Å². The molecule has 0 amide bonds. The minimum Gasteiger partial charge on any atom is -0.248 e. The molecule has 74 valence electrons. The summed E-state index contributed by atoms with van der Waals surface area (Å²) < 4.78 is 1.27. The van der Waals surface area contributed by atoms with Crippen molar-refractivity contribution in [1.29, 1.82) is 0 Å². The molecule has 2 nitrogen and oxygen atoms in total. The van der Waals surface area contributed by atoms with Gasteiger partial charge in [0, 0.05) is 16.3 Å². The van der Waals surface area contributed by atoms with Gasteiger partial charge in [0.1, 0.15) is 10.3 Å². The Morgan fingerprint density at radius 2 is 2.07 bits per heavy atom. The molecular formula is C12H10N2S. The summed E-state index contributed by atoms with van der Waals surface area (Å²) in [6, 6.07) is 6.46. The van der Waals surface area contributed by atoms with Crippen molar-refractivity contribution in [2.75, 3.05) is 0 Å². The molecule has 0 saturated heterocycles. The van der Waals surface area contributed by atoms with Crippen LogP contribution in [0.5, 0.6) is 0 Å². The van der Waals surface area contributed by atoms with E-state index in [-0.39, 0.29) is 0 Å². The smallest absolute Gasteiger partial charge is 0.143 e. The standard InChI is InChI=1S/C12H10N2S/c1-7-3-4-10-9(5-7)11-12(15-10)13-6-8(2)14-11/h3-6H,1-2H3. The Labute approximate surface area is 91.6 Å². The highest BCUT2D eigenvalue weighted by atomic mass is 32.1. The lowest BCUT2D eigenvalue weighted by molar-refractivity contribution is 1.20. The van der Waals surface area contributed by atoms with Gasteiger partial charge in [-0.05, 0) is 26.0 Å². The average molecular weight is 214 g/mol. The largest absolute Gasteiger partial charge is 0.248 e. The third-order valence-electron chi connectivity index (χ3n) is 2.46. The minimum atomic E-state index is 0.976. The number of hydrogen-bond donors (Lipinski definition) is 0. The van der Waals surface area contributed by atoms with Crippen molar-refractivity contribution in [3.8, 4) is 0 Å². The second kappa shape index (κ2) is 3.00. The molecule has 0 bridgehead atoms. The van der Waals surface area contributed by atoms with Crippen molar-refractivity contribution in [2.24, 2.45) is 0 Å². The molecular weight excluding hydrogens is 204 g/mol. The first-order chi connectivity index (χ1) is 7.24. The maximum Gasteiger partial charge on any atom is 0.143 e. The molecule has 3 heteroatoms. The number of aryl methyl sites for hydroxylation is 2. The predicted octanol–water partition coefficient (Wildman–Crippen LogP) is 3.46. The summed E-state index contributed by atoms with van der Waals surface area (Å²) >= 11 is 1.71. The van der Waals surface area contributed by atoms with Crippen LogP contribution in [0.25, 0.3) is 20.4 Å². The minimum absolute atomic E-state index is 0.976. The lowest BCUT2D eigenvalue weighted by Gasteiger charge is -1.94. The topological polar surface area (TPSA) is 25.8 Å². The maximum absolute atomic E-state index is 4.55. The van der Waals surface area contributed by atoms with Crippen molar-refractivity contribution < 1.29 is 0 Å². The summed E-state index contributed by atoms with van der Waals surface area (Å²) in [5.41, 5.74) is 3.29. The highest BCUT2D eigenvalue weighted by Crippen LogP contribution is 2.31. The highest BCUT2D eigenvalue weighted by molar-refractivity contribution is 7.25. The van der Waals surface area contributed by atoms with Gasteiger partial charge in [-0.3, -0.25) is 0 Å². The van der Waals surface area contributed by atoms with Crippen molar-refractivity contribution >= 4 is 31.8 Å². The van der Waals surface area contributed by atoms with Crippen LogP contribution in [0, 0.1) is 13.8 Å². The normalized spacial score (nSPS) is 11.3. The van der Waals surface area contributed by atoms with Crippen LogP contribution < -0.4 is 0 Å². The molecule has 3 rings (SSSR count). The van der Waals surface area contributed by atoms with Crippen molar-refractivity contribution in [3.63, 3.8) is 0 Å². The van der Waals surface area contributed by atoms with Gasteiger partial charge in [0.15, 0.2) is 0 Å². The fraction of sp³-hybridized carbons (Fsp3) is 0.167. The fourth-order valence-corrected chi connectivity index (χ4v) is 2.71. The molecule has 3 aromatic rings. The number of thiophene rings is 1. The number of benzene rings is 1. The van der Waals surface area contributed by atoms with Crippen LogP contribution in [0.4, 0.5) is 0 Å². The number of fused-ring (bicyclic) bond motifs is 3. The van der Waals surface area contributed by atoms with Gasteiger partial charge in [-0.25, -0.2) is 9.97 Å². The first-order valence-electron chi connectivity index (χ1n) is 4.86. The van der Waals surface area contributed by atoms with Crippen molar-refractivity contribution in [2.45, 2.75) is 13.8 Å². The molecule has 1 aromatic carbocycles. The number of rotatable bonds is 0. The third kappa shape index (κ3) is 1.31. The Bertz CT molecular complexity index is 599. The molecule has 0 aliphatic carbocycles. The zero-order valence-corrected chi connectivity index (χ0v) is 9.43. The van der Waals surface area contributed by atoms with E-state index in [4.69, 9.17) is 0 Å². The lowest BCUT2D eigenvalue weighted by atomic mass is 10.2. The van der Waals surface area contributed by atoms with Crippen LogP contribution in [0.2, 0.25) is 0 Å². The van der Waals surface area contributed by atoms with E-state index in [1.165, 1.54) is 15.6 Å². The van der Waals surface area contributed by atoms with Gasteiger partial charge in [0.2, 0.25) is 0 Å². The summed E-state index contributed by atoms with van der Waals surface area (Å²) in [5.74, 6) is 0. The number of nitrogens with zero attached hydrogens (tertiary/aromatic N) is 2. The molecule has 2 heterocycles. The maximum atomic E-state index is 4.55. The van der Waals surface area contributed by atoms with E-state index in [1.807, 2.05) is 13.1 Å². The van der Waals surface area contributed by atoms with E-state index >= 15 is 0 Å². The van der Waals surface area contributed by atoms with Gasteiger partial charge >= 0.3 is 0 Å². The summed E-state index contributed by atoms with van der Waals surface area (Å²) in [5, 5.41) is 1.23. The summed E-state index contributed by atoms with van der Waals surface area (Å²) in [4.78, 5) is 9.99. The molecule has 0 aliphatic heterocycles. The average Bonchev–Trinajstić information content (AvgIpc) is 2.56. The number of aromatic nitrogens is 2. The summed E-state index contributed by atoms with van der Waals surface area (Å²) in [6.45, 7) is 4.08. The Hall–Kier alpha value is -1.48. The van der Waals surface area contributed by atoms with Gasteiger partial charge < -0.3 is 0 Å². The summed E-state index contributed by atoms with van der Waals surface area (Å²) in [7, 11) is 0. The summed E-state index contributed by atoms with van der Waals surface area (Å²) in [6.07, 6.45) is 1.82. The third-order valence-corrected chi connectivity index (χ3v) is 3.52. The second-order valence-electron chi connectivity index (χ2n) is 3.77. The van der Waals surface area contributed by atoms with E-state index in [9.17, 15) is 0 Å². The van der Waals surface area contributed by atoms with E-state index in [0.717, 1.165) is 16.0 Å². The van der Waals surface area contributed by atoms with E-state index in [1.54, 1.807) is 11.3 Å². The lowest BCUT2D eigenvalue weighted by Crippen LogP contribution is -1.82. The monoisotopic (exact) mass is 214 g/mol. The Morgan fingerprint density at radius 1 is 1.20 bits per heavy atom. The van der Waals surface area contributed by atoms with Crippen molar-refractivity contribution in [1.82, 2.24) is 9.97 Å². The molecule has 0 spiro atoms. The molecule has 0 unspecified atom stereocenters. The van der Waals surface area contributed by atoms with Gasteiger partial charge in [0.25, 0.3) is 0 Å². The number of hydrogen-bond acceptors (Lipinski definition) is 3. The van der Waals surface area contributed by atoms with E-state index in [2.05, 4.69) is 35.1 Å². The molecule has 0 atom stereocenters. The Kier molecular flexibility index (Phi) is 1.76. The van der Waals surface area contributed by atoms with Crippen LogP contribution in [-0.2, 0) is 0 Å². The van der Waals surface area contributed by atoms with Gasteiger partial charge in [-0.1, -0.05) is 11.6 Å². The second-order valence-corrected chi connectivity index (χ2v) is 4.80. The fourth-order valence-electron chi connectivity index (χ4n) is 1.74. The van der Waals surface area contributed by atoms with Crippen LogP contribution in [0.3, 0.4) is 0 Å². The first-order valence-corrected chi connectivity index (χ1v) is 5.68. The predicted molar refractivity (Wildman–Crippen MR) is 64.4 cm³/mol. The molecule has 0 radical (unpaired) electrons. The van der Waals surface area contributed by atoms with Gasteiger partial charge in [-0.15, -0.1) is 11.3 Å². The molecule has 2 aromatic heterocycles. The van der Waals surface area contributed by atoms with Crippen LogP contribution >= 0.6 is 11.3 Å². The van der Waals surface area contributed by atoms with Crippen LogP contribution in [0.15, 0.2) is 24.4 Å². The Balaban J connectivity index is 2.55. The van der Waals surface area contributed by atoms with Crippen LogP contribution in [0.1, 0.15) is 11.3 Å². The SMILES string of the molecule is Cc1ccc2sc3ncc(C)nc3c2c1. The zero-order chi connectivity index (χ0) is 10.4. The molecule has 15 heavy (non-hydrogen) atoms. The highest BCUT2D eigenvalue weighted by Gasteiger charge is 2.07. The van der Waals surface area contributed by atoms with Crippen molar-refractivity contribution in [3.05, 3.63) is 35.7 Å². The van der Waals surface area contributed by atoms with E-state index in [0.29, 0.717) is 0 Å². The first kappa shape index (κ1) is 8.80. The van der Waals surface area contributed by atoms with Gasteiger partial charge in [0.05, 0.1) is 5.69 Å². The van der Waals surface area contributed by atoms with E-state index < -0.39 is 0 Å². The zero-order valence-electron chi connectivity index (χ0n) is 8.61. The molecule has 0 aliphatic rings. The Morgan fingerprint density at radius 3 is 2.93 bits per heavy atom. The molecule has 0 fully saturated rings. The quantitative estimate of drug-likeness (QED) is 0.572. The molecule has 0 N–H and O–H groups in total. The van der Waals surface area contributed by atoms with Crippen LogP contribution in [-0.4, -0.2) is 9.97 Å². The molecule has 0 saturated carbocycles.